The van der Waals surface area contributed by atoms with E-state index in [9.17, 15) is 4.79 Å². The Labute approximate surface area is 96.4 Å². The number of carbonyl (C=O) groups is 1. The highest BCUT2D eigenvalue weighted by Gasteiger charge is 2.12. The Morgan fingerprint density at radius 3 is 2.86 bits per heavy atom. The lowest BCUT2D eigenvalue weighted by atomic mass is 10.00. The Morgan fingerprint density at radius 2 is 2.29 bits per heavy atom. The molecule has 3 N–H and O–H groups in total. The summed E-state index contributed by atoms with van der Waals surface area (Å²) in [4.78, 5) is 10.5. The monoisotopic (exact) mass is 305 g/mol. The summed E-state index contributed by atoms with van der Waals surface area (Å²) in [7, 11) is 0. The molecule has 0 fully saturated rings. The van der Waals surface area contributed by atoms with E-state index in [4.69, 9.17) is 10.8 Å². The summed E-state index contributed by atoms with van der Waals surface area (Å²) in [5.41, 5.74) is 7.74. The predicted molar refractivity (Wildman–Crippen MR) is 63.1 cm³/mol. The number of carboxylic acid groups (broad SMARTS) is 1. The van der Waals surface area contributed by atoms with Crippen LogP contribution >= 0.6 is 22.6 Å². The summed E-state index contributed by atoms with van der Waals surface area (Å²) >= 11 is 2.19. The minimum atomic E-state index is -0.865. The van der Waals surface area contributed by atoms with Gasteiger partial charge in [0, 0.05) is 9.61 Å². The predicted octanol–water partition coefficient (Wildman–Crippen LogP) is 2.07. The number of rotatable bonds is 3. The second kappa shape index (κ2) is 4.75. The normalized spacial score (nSPS) is 12.5. The van der Waals surface area contributed by atoms with E-state index < -0.39 is 12.0 Å². The number of hydrogen-bond acceptors (Lipinski definition) is 2. The lowest BCUT2D eigenvalue weighted by Gasteiger charge is -2.12. The van der Waals surface area contributed by atoms with Crippen molar-refractivity contribution in [2.24, 2.45) is 5.73 Å². The Hall–Kier alpha value is -0.620. The van der Waals surface area contributed by atoms with Crippen molar-refractivity contribution in [1.29, 1.82) is 0 Å². The maximum absolute atomic E-state index is 10.5. The topological polar surface area (TPSA) is 63.3 Å². The molecule has 0 aliphatic carbocycles. The van der Waals surface area contributed by atoms with Gasteiger partial charge in [-0.25, -0.2) is 0 Å². The van der Waals surface area contributed by atoms with E-state index in [-0.39, 0.29) is 6.42 Å². The van der Waals surface area contributed by atoms with Crippen molar-refractivity contribution >= 4 is 28.6 Å². The first-order valence-corrected chi connectivity index (χ1v) is 5.32. The van der Waals surface area contributed by atoms with Crippen LogP contribution in [0.3, 0.4) is 0 Å². The molecule has 0 bridgehead atoms. The number of aliphatic carboxylic acids is 1. The first-order valence-electron chi connectivity index (χ1n) is 4.24. The zero-order chi connectivity index (χ0) is 10.7. The van der Waals surface area contributed by atoms with Crippen molar-refractivity contribution < 1.29 is 9.90 Å². The van der Waals surface area contributed by atoms with Gasteiger partial charge in [-0.1, -0.05) is 6.07 Å². The van der Waals surface area contributed by atoms with Crippen LogP contribution in [0.25, 0.3) is 0 Å². The maximum atomic E-state index is 10.5. The molecule has 0 radical (unpaired) electrons. The van der Waals surface area contributed by atoms with Crippen LogP contribution in [-0.4, -0.2) is 11.1 Å². The molecule has 76 valence electrons. The molecule has 1 atom stereocenters. The molecule has 1 unspecified atom stereocenters. The first kappa shape index (κ1) is 11.5. The molecular weight excluding hydrogens is 293 g/mol. The summed E-state index contributed by atoms with van der Waals surface area (Å²) < 4.78 is 1.07. The molecule has 0 amide bonds. The minimum absolute atomic E-state index is 0.0269. The van der Waals surface area contributed by atoms with Crippen LogP contribution in [0.15, 0.2) is 18.2 Å². The van der Waals surface area contributed by atoms with Crippen molar-refractivity contribution in [3.05, 3.63) is 32.9 Å². The largest absolute Gasteiger partial charge is 0.481 e. The number of nitrogens with two attached hydrogens (primary N) is 1. The van der Waals surface area contributed by atoms with Gasteiger partial charge in [0.05, 0.1) is 6.42 Å². The Balaban J connectivity index is 2.93. The van der Waals surface area contributed by atoms with Crippen LogP contribution < -0.4 is 5.73 Å². The van der Waals surface area contributed by atoms with E-state index in [0.717, 1.165) is 14.7 Å². The van der Waals surface area contributed by atoms with Gasteiger partial charge < -0.3 is 10.8 Å². The fraction of sp³-hybridized carbons (Fsp3) is 0.300. The Kier molecular flexibility index (Phi) is 3.88. The van der Waals surface area contributed by atoms with Gasteiger partial charge in [0.25, 0.3) is 0 Å². The highest BCUT2D eigenvalue weighted by Crippen LogP contribution is 2.20. The molecule has 14 heavy (non-hydrogen) atoms. The van der Waals surface area contributed by atoms with Crippen LogP contribution in [0.2, 0.25) is 0 Å². The summed E-state index contributed by atoms with van der Waals surface area (Å²) in [6.45, 7) is 1.94. The third-order valence-corrected chi connectivity index (χ3v) is 2.71. The molecule has 0 spiro atoms. The van der Waals surface area contributed by atoms with Gasteiger partial charge in [-0.15, -0.1) is 0 Å². The van der Waals surface area contributed by atoms with E-state index in [1.54, 1.807) is 0 Å². The van der Waals surface area contributed by atoms with Crippen molar-refractivity contribution in [1.82, 2.24) is 0 Å². The molecule has 0 aliphatic heterocycles. The fourth-order valence-electron chi connectivity index (χ4n) is 1.31. The SMILES string of the molecule is Cc1ccc(I)cc1C(N)CC(=O)O. The molecule has 1 aromatic rings. The summed E-state index contributed by atoms with van der Waals surface area (Å²) in [5, 5.41) is 8.62. The lowest BCUT2D eigenvalue weighted by Crippen LogP contribution is -2.16. The quantitative estimate of drug-likeness (QED) is 0.840. The molecule has 1 aromatic carbocycles. The van der Waals surface area contributed by atoms with E-state index in [0.29, 0.717) is 0 Å². The van der Waals surface area contributed by atoms with E-state index >= 15 is 0 Å². The second-order valence-corrected chi connectivity index (χ2v) is 4.45. The molecular formula is C10H12INO2. The number of carboxylic acids is 1. The summed E-state index contributed by atoms with van der Waals surface area (Å²) in [6, 6.07) is 5.46. The number of aryl methyl sites for hydroxylation is 1. The van der Waals surface area contributed by atoms with Crippen molar-refractivity contribution in [3.8, 4) is 0 Å². The molecule has 0 saturated heterocycles. The average Bonchev–Trinajstić information content (AvgIpc) is 2.08. The molecule has 0 heterocycles. The standard InChI is InChI=1S/C10H12INO2/c1-6-2-3-7(11)4-8(6)9(12)5-10(13)14/h2-4,9H,5,12H2,1H3,(H,13,14). The first-order chi connectivity index (χ1) is 6.50. The smallest absolute Gasteiger partial charge is 0.305 e. The third kappa shape index (κ3) is 2.95. The third-order valence-electron chi connectivity index (χ3n) is 2.04. The highest BCUT2D eigenvalue weighted by molar-refractivity contribution is 14.1. The lowest BCUT2D eigenvalue weighted by molar-refractivity contribution is -0.137. The average molecular weight is 305 g/mol. The van der Waals surface area contributed by atoms with Gasteiger partial charge in [0.1, 0.15) is 0 Å². The fourth-order valence-corrected chi connectivity index (χ4v) is 1.82. The van der Waals surface area contributed by atoms with Crippen LogP contribution in [0, 0.1) is 10.5 Å². The number of benzene rings is 1. The van der Waals surface area contributed by atoms with Gasteiger partial charge in [-0.2, -0.15) is 0 Å². The molecule has 0 saturated carbocycles. The van der Waals surface area contributed by atoms with E-state index in [1.807, 2.05) is 25.1 Å². The van der Waals surface area contributed by atoms with E-state index in [2.05, 4.69) is 22.6 Å². The van der Waals surface area contributed by atoms with Crippen molar-refractivity contribution in [3.63, 3.8) is 0 Å². The van der Waals surface area contributed by atoms with Crippen LogP contribution in [0.4, 0.5) is 0 Å². The van der Waals surface area contributed by atoms with Crippen molar-refractivity contribution in [2.75, 3.05) is 0 Å². The molecule has 0 aliphatic rings. The zero-order valence-electron chi connectivity index (χ0n) is 7.83. The molecule has 4 heteroatoms. The maximum Gasteiger partial charge on any atom is 0.305 e. The highest BCUT2D eigenvalue weighted by atomic mass is 127. The minimum Gasteiger partial charge on any atom is -0.481 e. The summed E-state index contributed by atoms with van der Waals surface area (Å²) in [5.74, 6) is -0.865. The van der Waals surface area contributed by atoms with Crippen LogP contribution in [0.5, 0.6) is 0 Å². The zero-order valence-corrected chi connectivity index (χ0v) is 9.98. The van der Waals surface area contributed by atoms with Crippen LogP contribution in [0.1, 0.15) is 23.6 Å². The summed E-state index contributed by atoms with van der Waals surface area (Å²) in [6.07, 6.45) is -0.0269. The molecule has 3 nitrogen and oxygen atoms in total. The Bertz CT molecular complexity index is 352. The second-order valence-electron chi connectivity index (χ2n) is 3.21. The van der Waals surface area contributed by atoms with Crippen LogP contribution in [-0.2, 0) is 4.79 Å². The van der Waals surface area contributed by atoms with Gasteiger partial charge >= 0.3 is 5.97 Å². The molecule has 0 aromatic heterocycles. The van der Waals surface area contributed by atoms with Gasteiger partial charge in [0.15, 0.2) is 0 Å². The van der Waals surface area contributed by atoms with E-state index in [1.165, 1.54) is 0 Å². The number of hydrogen-bond donors (Lipinski definition) is 2. The van der Waals surface area contributed by atoms with Crippen molar-refractivity contribution in [2.45, 2.75) is 19.4 Å². The van der Waals surface area contributed by atoms with Gasteiger partial charge in [-0.05, 0) is 52.8 Å². The van der Waals surface area contributed by atoms with Gasteiger partial charge in [0.2, 0.25) is 0 Å². The number of halogens is 1. The Morgan fingerprint density at radius 1 is 1.64 bits per heavy atom. The molecule has 1 rings (SSSR count). The van der Waals surface area contributed by atoms with Gasteiger partial charge in [-0.3, -0.25) is 4.79 Å².